The lowest BCUT2D eigenvalue weighted by molar-refractivity contribution is 0.0964. The van der Waals surface area contributed by atoms with Crippen molar-refractivity contribution in [2.45, 2.75) is 64.6 Å². The van der Waals surface area contributed by atoms with E-state index in [1.54, 1.807) is 24.2 Å². The van der Waals surface area contributed by atoms with Gasteiger partial charge in [-0.3, -0.25) is 14.5 Å². The number of hydrogen-bond donors (Lipinski definition) is 1. The van der Waals surface area contributed by atoms with Gasteiger partial charge in [0.2, 0.25) is 0 Å². The van der Waals surface area contributed by atoms with Gasteiger partial charge in [0.15, 0.2) is 0 Å². The Balaban J connectivity index is 1.28. The van der Waals surface area contributed by atoms with E-state index < -0.39 is 12.4 Å². The molecule has 1 saturated heterocycles. The molecule has 9 nitrogen and oxygen atoms in total. The van der Waals surface area contributed by atoms with Crippen LogP contribution in [0.5, 0.6) is 0 Å². The first kappa shape index (κ1) is 29.7. The second-order valence-electron chi connectivity index (χ2n) is 12.9. The number of benzene rings is 1. The highest BCUT2D eigenvalue weighted by Crippen LogP contribution is 2.37. The second kappa shape index (κ2) is 11.7. The minimum atomic E-state index is -0.517. The lowest BCUT2D eigenvalue weighted by atomic mass is 9.96. The van der Waals surface area contributed by atoms with Crippen LogP contribution in [0.1, 0.15) is 59.9 Å². The van der Waals surface area contributed by atoms with E-state index >= 15 is 4.39 Å². The van der Waals surface area contributed by atoms with Crippen molar-refractivity contribution in [2.24, 2.45) is 12.0 Å². The number of carbonyl (C=O) groups is 1. The number of piperazine rings is 1. The summed E-state index contributed by atoms with van der Waals surface area (Å²) in [6.45, 7) is 5.62. The average molecular weight is 613 g/mol. The van der Waals surface area contributed by atoms with Crippen molar-refractivity contribution in [3.63, 3.8) is 0 Å². The first-order chi connectivity index (χ1) is 21.7. The van der Waals surface area contributed by atoms with Crippen molar-refractivity contribution in [3.05, 3.63) is 80.9 Å². The Morgan fingerprint density at radius 2 is 1.84 bits per heavy atom. The summed E-state index contributed by atoms with van der Waals surface area (Å²) < 4.78 is 19.0. The number of rotatable bonds is 5. The minimum absolute atomic E-state index is 0.187. The lowest BCUT2D eigenvalue weighted by Gasteiger charge is -2.44. The molecule has 1 N–H and O–H groups in total. The van der Waals surface area contributed by atoms with Gasteiger partial charge in [0.05, 0.1) is 12.3 Å². The average Bonchev–Trinajstić information content (AvgIpc) is 3.42. The number of allylic oxidation sites excluding steroid dienone is 1. The predicted octanol–water partition coefficient (Wildman–Crippen LogP) is 4.41. The number of pyridine rings is 1. The molecule has 1 aliphatic carbocycles. The van der Waals surface area contributed by atoms with Crippen molar-refractivity contribution < 1.29 is 14.3 Å². The van der Waals surface area contributed by atoms with Gasteiger partial charge in [-0.1, -0.05) is 6.92 Å². The second-order valence-corrected chi connectivity index (χ2v) is 12.9. The fraction of sp³-hybridized carbons (Fsp3) is 0.457. The predicted molar refractivity (Wildman–Crippen MR) is 174 cm³/mol. The minimum Gasteiger partial charge on any atom is -0.392 e. The molecule has 236 valence electrons. The van der Waals surface area contributed by atoms with E-state index in [-0.39, 0.29) is 17.2 Å². The fourth-order valence-corrected chi connectivity index (χ4v) is 7.69. The van der Waals surface area contributed by atoms with E-state index in [1.165, 1.54) is 33.7 Å². The zero-order valence-electron chi connectivity index (χ0n) is 26.4. The van der Waals surface area contributed by atoms with E-state index in [0.717, 1.165) is 63.9 Å². The maximum atomic E-state index is 15.4. The van der Waals surface area contributed by atoms with Gasteiger partial charge < -0.3 is 24.0 Å². The molecule has 0 bridgehead atoms. The number of aliphatic hydroxyl groups is 1. The van der Waals surface area contributed by atoms with Crippen LogP contribution < -0.4 is 10.5 Å². The number of fused-ring (bicyclic) bond motifs is 4. The van der Waals surface area contributed by atoms with E-state index in [4.69, 9.17) is 4.99 Å². The number of aliphatic hydroxyl groups excluding tert-OH is 1. The molecule has 0 radical (unpaired) electrons. The van der Waals surface area contributed by atoms with Crippen molar-refractivity contribution in [2.75, 3.05) is 38.1 Å². The van der Waals surface area contributed by atoms with E-state index in [0.29, 0.717) is 47.2 Å². The Kier molecular flexibility index (Phi) is 7.73. The molecular weight excluding hydrogens is 571 g/mol. The summed E-state index contributed by atoms with van der Waals surface area (Å²) in [7, 11) is 3.77. The van der Waals surface area contributed by atoms with Gasteiger partial charge in [-0.25, -0.2) is 9.38 Å². The molecule has 3 aliphatic heterocycles. The lowest BCUT2D eigenvalue weighted by Crippen LogP contribution is -2.50. The molecule has 1 aromatic carbocycles. The number of anilines is 1. The van der Waals surface area contributed by atoms with Crippen LogP contribution in [-0.4, -0.2) is 74.9 Å². The van der Waals surface area contributed by atoms with Gasteiger partial charge in [0, 0.05) is 86.7 Å². The largest absolute Gasteiger partial charge is 0.392 e. The topological polar surface area (TPSA) is 86.3 Å². The summed E-state index contributed by atoms with van der Waals surface area (Å²) in [5.41, 5.74) is 6.97. The van der Waals surface area contributed by atoms with Gasteiger partial charge in [0.25, 0.3) is 11.5 Å². The quantitative estimate of drug-likeness (QED) is 0.462. The van der Waals surface area contributed by atoms with Crippen LogP contribution in [-0.2, 0) is 33.0 Å². The summed E-state index contributed by atoms with van der Waals surface area (Å²) in [4.78, 5) is 38.4. The van der Waals surface area contributed by atoms with Gasteiger partial charge in [-0.2, -0.15) is 0 Å². The molecule has 1 fully saturated rings. The van der Waals surface area contributed by atoms with Crippen LogP contribution in [0.15, 0.2) is 52.0 Å². The Morgan fingerprint density at radius 1 is 1.02 bits per heavy atom. The smallest absolute Gasteiger partial charge is 0.276 e. The van der Waals surface area contributed by atoms with Crippen LogP contribution in [0, 0.1) is 5.82 Å². The molecule has 0 spiro atoms. The zero-order valence-corrected chi connectivity index (χ0v) is 26.4. The zero-order chi connectivity index (χ0) is 31.4. The number of carbonyl (C=O) groups excluding carboxylic acids is 1. The highest BCUT2D eigenvalue weighted by atomic mass is 19.1. The maximum Gasteiger partial charge on any atom is 0.276 e. The molecule has 4 aliphatic rings. The molecular formula is C35H41FN6O3. The molecule has 2 aromatic heterocycles. The number of likely N-dealkylation sites (N-methyl/N-ethyl adjacent to an activating group) is 1. The Labute approximate surface area is 262 Å². The molecule has 3 aromatic rings. The van der Waals surface area contributed by atoms with Gasteiger partial charge in [-0.05, 0) is 80.6 Å². The summed E-state index contributed by atoms with van der Waals surface area (Å²) in [6.07, 6.45) is 9.65. The summed E-state index contributed by atoms with van der Waals surface area (Å²) in [5, 5.41) is 10.7. The van der Waals surface area contributed by atoms with Crippen LogP contribution >= 0.6 is 0 Å². The van der Waals surface area contributed by atoms with E-state index in [1.807, 2.05) is 6.07 Å². The first-order valence-corrected chi connectivity index (χ1v) is 16.2. The number of aliphatic imine (C=N–C) groups is 1. The molecule has 1 amide bonds. The summed E-state index contributed by atoms with van der Waals surface area (Å²) in [5.74, 6) is -0.705. The maximum absolute atomic E-state index is 15.4. The van der Waals surface area contributed by atoms with Crippen LogP contribution in [0.4, 0.5) is 15.8 Å². The normalized spacial score (nSPS) is 21.1. The summed E-state index contributed by atoms with van der Waals surface area (Å²) in [6, 6.07) is 6.70. The monoisotopic (exact) mass is 612 g/mol. The van der Waals surface area contributed by atoms with Crippen LogP contribution in [0.25, 0.3) is 11.1 Å². The van der Waals surface area contributed by atoms with Crippen molar-refractivity contribution in [1.82, 2.24) is 18.9 Å². The molecule has 0 saturated carbocycles. The van der Waals surface area contributed by atoms with Gasteiger partial charge in [-0.15, -0.1) is 0 Å². The summed E-state index contributed by atoms with van der Waals surface area (Å²) >= 11 is 0. The Morgan fingerprint density at radius 3 is 2.64 bits per heavy atom. The molecule has 45 heavy (non-hydrogen) atoms. The molecule has 10 heteroatoms. The molecule has 5 heterocycles. The number of nitrogens with zero attached hydrogens (tertiary/aromatic N) is 6. The Hall–Kier alpha value is -4.02. The number of hydrogen-bond acceptors (Lipinski definition) is 6. The number of amides is 1. The van der Waals surface area contributed by atoms with E-state index in [9.17, 15) is 14.7 Å². The Bertz CT molecular complexity index is 1800. The molecule has 1 unspecified atom stereocenters. The number of aromatic nitrogens is 2. The molecule has 1 atom stereocenters. The standard InChI is InChI=1S/C35H41FN6O3/c1-4-26-17-25(18-27-20-38(2)9-10-40(26)27)37-30-13-23(19-39(3)34(30)44)28-15-24(36)16-32(29(28)21-43)42-12-11-41-31-8-6-5-7-22(31)14-33(41)35(42)45/h13-16,18-19,26,43H,4-12,17,20-21H2,1-3H3. The SMILES string of the molecule is CCC1CC(=Nc2cc(-c3cc(F)cc(N4CCn5c(cc6c5CCCC6)C4=O)c3CO)cn(C)c2=O)C=C2CN(C)CCN21. The van der Waals surface area contributed by atoms with Crippen molar-refractivity contribution in [1.29, 1.82) is 0 Å². The number of aryl methyl sites for hydroxylation is 2. The first-order valence-electron chi connectivity index (χ1n) is 16.2. The van der Waals surface area contributed by atoms with Crippen LogP contribution in [0.2, 0.25) is 0 Å². The highest BCUT2D eigenvalue weighted by Gasteiger charge is 2.33. The van der Waals surface area contributed by atoms with Crippen molar-refractivity contribution in [3.8, 4) is 11.1 Å². The highest BCUT2D eigenvalue weighted by molar-refractivity contribution is 6.07. The molecule has 7 rings (SSSR count). The number of halogens is 1. The van der Waals surface area contributed by atoms with Gasteiger partial charge in [0.1, 0.15) is 17.2 Å². The van der Waals surface area contributed by atoms with Gasteiger partial charge >= 0.3 is 0 Å². The van der Waals surface area contributed by atoms with Crippen molar-refractivity contribution >= 4 is 23.0 Å². The van der Waals surface area contributed by atoms with Crippen LogP contribution in [0.3, 0.4) is 0 Å². The third-order valence-corrected chi connectivity index (χ3v) is 10.0. The third-order valence-electron chi connectivity index (χ3n) is 10.0. The third kappa shape index (κ3) is 5.23. The fourth-order valence-electron chi connectivity index (χ4n) is 7.69. The van der Waals surface area contributed by atoms with E-state index in [2.05, 4.69) is 34.4 Å².